The van der Waals surface area contributed by atoms with Crippen LogP contribution in [0.25, 0.3) is 0 Å². The van der Waals surface area contributed by atoms with Gasteiger partial charge in [0.15, 0.2) is 0 Å². The van der Waals surface area contributed by atoms with Crippen molar-refractivity contribution < 1.29 is 5.11 Å². The Morgan fingerprint density at radius 1 is 1.36 bits per heavy atom. The van der Waals surface area contributed by atoms with Crippen molar-refractivity contribution in [2.24, 2.45) is 0 Å². The second-order valence-corrected chi connectivity index (χ2v) is 3.35. The van der Waals surface area contributed by atoms with E-state index < -0.39 is 0 Å². The van der Waals surface area contributed by atoms with Gasteiger partial charge in [-0.3, -0.25) is 4.98 Å². The summed E-state index contributed by atoms with van der Waals surface area (Å²) in [4.78, 5) is 4.09. The summed E-state index contributed by atoms with van der Waals surface area (Å²) in [5.74, 6) is 0.498. The summed E-state index contributed by atoms with van der Waals surface area (Å²) >= 11 is 0. The summed E-state index contributed by atoms with van der Waals surface area (Å²) in [5, 5.41) is 8.87. The molecule has 14 heavy (non-hydrogen) atoms. The number of pyridine rings is 1. The van der Waals surface area contributed by atoms with E-state index in [9.17, 15) is 0 Å². The molecule has 2 nitrogen and oxygen atoms in total. The van der Waals surface area contributed by atoms with Crippen LogP contribution >= 0.6 is 0 Å². The SMILES string of the molecule is CC.Cc1cnc(CO)cc1C(C)C. The van der Waals surface area contributed by atoms with Crippen LogP contribution in [-0.2, 0) is 6.61 Å². The van der Waals surface area contributed by atoms with Crippen molar-refractivity contribution in [2.75, 3.05) is 0 Å². The van der Waals surface area contributed by atoms with E-state index in [2.05, 4.69) is 18.8 Å². The van der Waals surface area contributed by atoms with Gasteiger partial charge in [0.2, 0.25) is 0 Å². The van der Waals surface area contributed by atoms with E-state index in [1.54, 1.807) is 0 Å². The van der Waals surface area contributed by atoms with Gasteiger partial charge in [0.05, 0.1) is 12.3 Å². The summed E-state index contributed by atoms with van der Waals surface area (Å²) in [6.07, 6.45) is 1.82. The van der Waals surface area contributed by atoms with Crippen LogP contribution in [0.2, 0.25) is 0 Å². The number of hydrogen-bond donors (Lipinski definition) is 1. The van der Waals surface area contributed by atoms with Gasteiger partial charge in [0.1, 0.15) is 0 Å². The molecule has 0 fully saturated rings. The van der Waals surface area contributed by atoms with E-state index in [1.165, 1.54) is 11.1 Å². The highest BCUT2D eigenvalue weighted by molar-refractivity contribution is 5.27. The molecule has 0 unspecified atom stereocenters. The predicted octanol–water partition coefficient (Wildman–Crippen LogP) is 3.03. The predicted molar refractivity (Wildman–Crippen MR) is 60.3 cm³/mol. The first-order valence-corrected chi connectivity index (χ1v) is 5.21. The molecule has 0 spiro atoms. The average Bonchev–Trinajstić information content (AvgIpc) is 2.21. The van der Waals surface area contributed by atoms with Gasteiger partial charge >= 0.3 is 0 Å². The third kappa shape index (κ3) is 3.46. The number of hydrogen-bond acceptors (Lipinski definition) is 2. The molecule has 0 radical (unpaired) electrons. The summed E-state index contributed by atoms with van der Waals surface area (Å²) in [7, 11) is 0. The van der Waals surface area contributed by atoms with E-state index in [0.29, 0.717) is 5.92 Å². The van der Waals surface area contributed by atoms with Gasteiger partial charge < -0.3 is 5.11 Å². The highest BCUT2D eigenvalue weighted by atomic mass is 16.3. The number of rotatable bonds is 2. The fourth-order valence-corrected chi connectivity index (χ4v) is 1.29. The van der Waals surface area contributed by atoms with Crippen molar-refractivity contribution in [2.45, 2.75) is 47.1 Å². The summed E-state index contributed by atoms with van der Waals surface area (Å²) in [6.45, 7) is 10.4. The van der Waals surface area contributed by atoms with Crippen LogP contribution in [0.4, 0.5) is 0 Å². The molecule has 0 amide bonds. The minimum absolute atomic E-state index is 0.0278. The lowest BCUT2D eigenvalue weighted by Crippen LogP contribution is -1.97. The molecular formula is C12H21NO. The lowest BCUT2D eigenvalue weighted by Gasteiger charge is -2.09. The number of aliphatic hydroxyl groups is 1. The molecule has 0 aliphatic rings. The number of nitrogens with zero attached hydrogens (tertiary/aromatic N) is 1. The van der Waals surface area contributed by atoms with Crippen molar-refractivity contribution >= 4 is 0 Å². The second kappa shape index (κ2) is 6.55. The molecule has 0 saturated heterocycles. The first-order chi connectivity index (χ1) is 6.65. The van der Waals surface area contributed by atoms with Crippen molar-refractivity contribution in [3.63, 3.8) is 0 Å². The van der Waals surface area contributed by atoms with Crippen LogP contribution in [0.5, 0.6) is 0 Å². The van der Waals surface area contributed by atoms with Crippen molar-refractivity contribution in [1.29, 1.82) is 0 Å². The maximum atomic E-state index is 8.87. The minimum Gasteiger partial charge on any atom is -0.390 e. The molecular weight excluding hydrogens is 174 g/mol. The van der Waals surface area contributed by atoms with E-state index >= 15 is 0 Å². The van der Waals surface area contributed by atoms with Gasteiger partial charge in [-0.2, -0.15) is 0 Å². The molecule has 80 valence electrons. The van der Waals surface area contributed by atoms with Crippen LogP contribution in [0.3, 0.4) is 0 Å². The van der Waals surface area contributed by atoms with Gasteiger partial charge in [-0.05, 0) is 30.0 Å². The van der Waals surface area contributed by atoms with Gasteiger partial charge in [-0.25, -0.2) is 0 Å². The minimum atomic E-state index is 0.0278. The van der Waals surface area contributed by atoms with Crippen LogP contribution in [0.15, 0.2) is 12.3 Å². The first-order valence-electron chi connectivity index (χ1n) is 5.21. The van der Waals surface area contributed by atoms with E-state index in [1.807, 2.05) is 33.0 Å². The highest BCUT2D eigenvalue weighted by Crippen LogP contribution is 2.18. The fourth-order valence-electron chi connectivity index (χ4n) is 1.29. The standard InChI is InChI=1S/C10H15NO.C2H6/c1-7(2)10-4-9(6-12)11-5-8(10)3;1-2/h4-5,7,12H,6H2,1-3H3;1-2H3. The molecule has 1 heterocycles. The Bertz CT molecular complexity index is 269. The Labute approximate surface area is 87.0 Å². The molecule has 0 aromatic carbocycles. The molecule has 0 bridgehead atoms. The van der Waals surface area contributed by atoms with E-state index in [-0.39, 0.29) is 6.61 Å². The molecule has 0 saturated carbocycles. The zero-order valence-electron chi connectivity index (χ0n) is 9.83. The quantitative estimate of drug-likeness (QED) is 0.786. The topological polar surface area (TPSA) is 33.1 Å². The Balaban J connectivity index is 0.000000791. The van der Waals surface area contributed by atoms with Gasteiger partial charge in [-0.1, -0.05) is 27.7 Å². The molecule has 1 N–H and O–H groups in total. The lowest BCUT2D eigenvalue weighted by molar-refractivity contribution is 0.276. The van der Waals surface area contributed by atoms with Gasteiger partial charge in [-0.15, -0.1) is 0 Å². The third-order valence-electron chi connectivity index (χ3n) is 1.99. The van der Waals surface area contributed by atoms with Crippen LogP contribution in [0, 0.1) is 6.92 Å². The van der Waals surface area contributed by atoms with Crippen LogP contribution in [-0.4, -0.2) is 10.1 Å². The average molecular weight is 195 g/mol. The lowest BCUT2D eigenvalue weighted by atomic mass is 9.99. The van der Waals surface area contributed by atoms with Gasteiger partial charge in [0.25, 0.3) is 0 Å². The Kier molecular flexibility index (Phi) is 6.13. The van der Waals surface area contributed by atoms with Crippen molar-refractivity contribution in [1.82, 2.24) is 4.98 Å². The maximum absolute atomic E-state index is 8.87. The highest BCUT2D eigenvalue weighted by Gasteiger charge is 2.04. The van der Waals surface area contributed by atoms with Crippen molar-refractivity contribution in [3.8, 4) is 0 Å². The Morgan fingerprint density at radius 3 is 2.36 bits per heavy atom. The Hall–Kier alpha value is -0.890. The molecule has 0 atom stereocenters. The summed E-state index contributed by atoms with van der Waals surface area (Å²) < 4.78 is 0. The number of aromatic nitrogens is 1. The normalized spacial score (nSPS) is 9.64. The molecule has 0 aliphatic heterocycles. The van der Waals surface area contributed by atoms with E-state index in [0.717, 1.165) is 5.69 Å². The zero-order valence-corrected chi connectivity index (χ0v) is 9.83. The smallest absolute Gasteiger partial charge is 0.0853 e. The third-order valence-corrected chi connectivity index (χ3v) is 1.99. The van der Waals surface area contributed by atoms with Crippen LogP contribution in [0.1, 0.15) is 50.4 Å². The largest absolute Gasteiger partial charge is 0.390 e. The maximum Gasteiger partial charge on any atom is 0.0853 e. The molecule has 1 rings (SSSR count). The van der Waals surface area contributed by atoms with Crippen LogP contribution < -0.4 is 0 Å². The number of aryl methyl sites for hydroxylation is 1. The molecule has 2 heteroatoms. The van der Waals surface area contributed by atoms with E-state index in [4.69, 9.17) is 5.11 Å². The summed E-state index contributed by atoms with van der Waals surface area (Å²) in [5.41, 5.74) is 3.22. The zero-order chi connectivity index (χ0) is 11.1. The molecule has 0 aliphatic carbocycles. The monoisotopic (exact) mass is 195 g/mol. The fraction of sp³-hybridized carbons (Fsp3) is 0.583. The molecule has 1 aromatic heterocycles. The second-order valence-electron chi connectivity index (χ2n) is 3.35. The Morgan fingerprint density at radius 2 is 1.93 bits per heavy atom. The molecule has 1 aromatic rings. The number of aliphatic hydroxyl groups excluding tert-OH is 1. The first kappa shape index (κ1) is 13.1. The summed E-state index contributed by atoms with van der Waals surface area (Å²) in [6, 6.07) is 1.97. The van der Waals surface area contributed by atoms with Crippen molar-refractivity contribution in [3.05, 3.63) is 29.1 Å². The van der Waals surface area contributed by atoms with Gasteiger partial charge in [0, 0.05) is 6.20 Å².